The summed E-state index contributed by atoms with van der Waals surface area (Å²) in [5.41, 5.74) is 10.6. The SMILES string of the molecule is CC1=C(C#N)c2nc(N)c(C#N)c(C)c2/C1=C\c1ccc(OCC(=O)Nc2ccccc2F)c(Cl)c1. The van der Waals surface area contributed by atoms with Crippen molar-refractivity contribution in [1.29, 1.82) is 10.5 Å². The van der Waals surface area contributed by atoms with Crippen LogP contribution in [0.4, 0.5) is 15.9 Å². The maximum absolute atomic E-state index is 13.7. The van der Waals surface area contributed by atoms with E-state index in [1.54, 1.807) is 38.1 Å². The summed E-state index contributed by atoms with van der Waals surface area (Å²) >= 11 is 6.39. The minimum absolute atomic E-state index is 0.0577. The fourth-order valence-corrected chi connectivity index (χ4v) is 4.22. The number of rotatable bonds is 5. The van der Waals surface area contributed by atoms with Crippen LogP contribution in [0.3, 0.4) is 0 Å². The Morgan fingerprint density at radius 1 is 1.22 bits per heavy atom. The van der Waals surface area contributed by atoms with Crippen molar-refractivity contribution in [3.63, 3.8) is 0 Å². The predicted octanol–water partition coefficient (Wildman–Crippen LogP) is 5.51. The van der Waals surface area contributed by atoms with Crippen LogP contribution < -0.4 is 15.8 Å². The number of carbonyl (C=O) groups excluding carboxylic acids is 1. The zero-order chi connectivity index (χ0) is 26.0. The van der Waals surface area contributed by atoms with Crippen LogP contribution in [0.2, 0.25) is 5.02 Å². The number of aromatic nitrogens is 1. The van der Waals surface area contributed by atoms with E-state index in [-0.39, 0.29) is 34.4 Å². The minimum Gasteiger partial charge on any atom is -0.482 e. The lowest BCUT2D eigenvalue weighted by molar-refractivity contribution is -0.118. The van der Waals surface area contributed by atoms with Crippen LogP contribution >= 0.6 is 11.6 Å². The topological polar surface area (TPSA) is 125 Å². The lowest BCUT2D eigenvalue weighted by atomic mass is 9.95. The van der Waals surface area contributed by atoms with Gasteiger partial charge in [0, 0.05) is 5.56 Å². The molecule has 3 aromatic rings. The van der Waals surface area contributed by atoms with Gasteiger partial charge in [-0.15, -0.1) is 0 Å². The van der Waals surface area contributed by atoms with Gasteiger partial charge in [-0.1, -0.05) is 29.8 Å². The molecule has 3 N–H and O–H groups in total. The third kappa shape index (κ3) is 4.50. The van der Waals surface area contributed by atoms with E-state index in [1.807, 2.05) is 6.08 Å². The number of ether oxygens (including phenoxy) is 1. The summed E-state index contributed by atoms with van der Waals surface area (Å²) in [4.78, 5) is 16.5. The van der Waals surface area contributed by atoms with Crippen LogP contribution in [0.1, 0.15) is 34.9 Å². The molecule has 7 nitrogen and oxygen atoms in total. The average molecular weight is 500 g/mol. The monoisotopic (exact) mass is 499 g/mol. The molecule has 0 fully saturated rings. The fraction of sp³-hybridized carbons (Fsp3) is 0.111. The number of nitrogens with one attached hydrogen (secondary N) is 1. The highest BCUT2D eigenvalue weighted by atomic mass is 35.5. The van der Waals surface area contributed by atoms with Gasteiger partial charge in [-0.25, -0.2) is 9.37 Å². The molecule has 2 aromatic carbocycles. The summed E-state index contributed by atoms with van der Waals surface area (Å²) in [5.74, 6) is -0.727. The first-order valence-electron chi connectivity index (χ1n) is 10.8. The van der Waals surface area contributed by atoms with Crippen molar-refractivity contribution in [2.24, 2.45) is 0 Å². The number of nitrogens with zero attached hydrogens (tertiary/aromatic N) is 3. The molecule has 1 aliphatic rings. The van der Waals surface area contributed by atoms with Crippen molar-refractivity contribution in [3.05, 3.63) is 86.8 Å². The number of halogens is 2. The van der Waals surface area contributed by atoms with E-state index in [0.29, 0.717) is 33.5 Å². The molecule has 0 atom stereocenters. The molecule has 0 radical (unpaired) electrons. The molecular formula is C27H19ClFN5O2. The molecule has 1 amide bonds. The molecule has 178 valence electrons. The van der Waals surface area contributed by atoms with Crippen molar-refractivity contribution in [3.8, 4) is 17.9 Å². The Labute approximate surface area is 211 Å². The zero-order valence-corrected chi connectivity index (χ0v) is 20.1. The molecule has 0 saturated carbocycles. The smallest absolute Gasteiger partial charge is 0.262 e. The van der Waals surface area contributed by atoms with Gasteiger partial charge in [-0.05, 0) is 66.5 Å². The normalized spacial score (nSPS) is 13.2. The molecule has 0 bridgehead atoms. The van der Waals surface area contributed by atoms with Crippen LogP contribution in [-0.4, -0.2) is 17.5 Å². The second kappa shape index (κ2) is 9.91. The molecular weight excluding hydrogens is 481 g/mol. The van der Waals surface area contributed by atoms with Crippen molar-refractivity contribution in [1.82, 2.24) is 4.98 Å². The molecule has 1 aliphatic carbocycles. The number of hydrogen-bond donors (Lipinski definition) is 2. The van der Waals surface area contributed by atoms with Crippen molar-refractivity contribution in [2.75, 3.05) is 17.7 Å². The lowest BCUT2D eigenvalue weighted by Crippen LogP contribution is -2.20. The first-order valence-corrected chi connectivity index (χ1v) is 11.1. The summed E-state index contributed by atoms with van der Waals surface area (Å²) in [6.07, 6.45) is 1.84. The Morgan fingerprint density at radius 2 is 1.97 bits per heavy atom. The number of nitrogen functional groups attached to an aromatic ring is 1. The highest BCUT2D eigenvalue weighted by Gasteiger charge is 2.29. The lowest BCUT2D eigenvalue weighted by Gasteiger charge is -2.12. The van der Waals surface area contributed by atoms with Gasteiger partial charge in [0.15, 0.2) is 6.61 Å². The van der Waals surface area contributed by atoms with E-state index in [9.17, 15) is 19.7 Å². The number of para-hydroxylation sites is 1. The number of allylic oxidation sites excluding steroid dienone is 3. The molecule has 0 spiro atoms. The van der Waals surface area contributed by atoms with Crippen LogP contribution in [-0.2, 0) is 4.79 Å². The standard InChI is InChI=1S/C27H19ClFN5O2/c1-14-17(25-15(2)19(12-31)27(32)34-26(25)18(14)11-30)9-16-7-8-23(20(28)10-16)36-13-24(35)33-22-6-4-3-5-21(22)29/h3-10H,13H2,1-2H3,(H2,32,34)(H,33,35)/b17-9-. The van der Waals surface area contributed by atoms with Gasteiger partial charge in [0.05, 0.1) is 27.5 Å². The first kappa shape index (κ1) is 24.5. The third-order valence-corrected chi connectivity index (χ3v) is 6.05. The summed E-state index contributed by atoms with van der Waals surface area (Å²) in [5, 5.41) is 21.9. The Bertz CT molecular complexity index is 1560. The highest BCUT2D eigenvalue weighted by Crippen LogP contribution is 2.44. The van der Waals surface area contributed by atoms with Gasteiger partial charge in [0.25, 0.3) is 5.91 Å². The Hall–Kier alpha value is -4.66. The van der Waals surface area contributed by atoms with Crippen molar-refractivity contribution in [2.45, 2.75) is 13.8 Å². The molecule has 9 heteroatoms. The average Bonchev–Trinajstić information content (AvgIpc) is 3.10. The number of carbonyl (C=O) groups is 1. The Kier molecular flexibility index (Phi) is 6.73. The van der Waals surface area contributed by atoms with E-state index in [0.717, 1.165) is 5.57 Å². The van der Waals surface area contributed by atoms with E-state index >= 15 is 0 Å². The molecule has 4 rings (SSSR count). The van der Waals surface area contributed by atoms with Gasteiger partial charge in [0.2, 0.25) is 0 Å². The molecule has 1 heterocycles. The van der Waals surface area contributed by atoms with E-state index in [1.165, 1.54) is 18.2 Å². The Morgan fingerprint density at radius 3 is 2.64 bits per heavy atom. The molecule has 36 heavy (non-hydrogen) atoms. The van der Waals surface area contributed by atoms with Gasteiger partial charge in [0.1, 0.15) is 29.5 Å². The number of benzene rings is 2. The van der Waals surface area contributed by atoms with E-state index < -0.39 is 11.7 Å². The van der Waals surface area contributed by atoms with Gasteiger partial charge in [-0.2, -0.15) is 10.5 Å². The molecule has 1 aromatic heterocycles. The maximum Gasteiger partial charge on any atom is 0.262 e. The molecule has 0 saturated heterocycles. The van der Waals surface area contributed by atoms with Crippen LogP contribution in [0.25, 0.3) is 17.2 Å². The fourth-order valence-electron chi connectivity index (χ4n) is 3.98. The first-order chi connectivity index (χ1) is 17.2. The minimum atomic E-state index is -0.548. The number of nitrogens with two attached hydrogens (primary N) is 1. The molecule has 0 aliphatic heterocycles. The van der Waals surface area contributed by atoms with Crippen LogP contribution in [0, 0.1) is 35.4 Å². The van der Waals surface area contributed by atoms with Gasteiger partial charge >= 0.3 is 0 Å². The van der Waals surface area contributed by atoms with Gasteiger partial charge < -0.3 is 15.8 Å². The number of amides is 1. The quantitative estimate of drug-likeness (QED) is 0.477. The van der Waals surface area contributed by atoms with Gasteiger partial charge in [-0.3, -0.25) is 4.79 Å². The number of anilines is 2. The summed E-state index contributed by atoms with van der Waals surface area (Å²) in [6.45, 7) is 3.21. The van der Waals surface area contributed by atoms with Crippen molar-refractivity contribution >= 4 is 46.2 Å². The van der Waals surface area contributed by atoms with Crippen LogP contribution in [0.15, 0.2) is 48.0 Å². The summed E-state index contributed by atoms with van der Waals surface area (Å²) in [7, 11) is 0. The number of fused-ring (bicyclic) bond motifs is 1. The Balaban J connectivity index is 1.59. The van der Waals surface area contributed by atoms with Crippen molar-refractivity contribution < 1.29 is 13.9 Å². The maximum atomic E-state index is 13.7. The second-order valence-electron chi connectivity index (χ2n) is 8.01. The van der Waals surface area contributed by atoms with Crippen LogP contribution in [0.5, 0.6) is 5.75 Å². The summed E-state index contributed by atoms with van der Waals surface area (Å²) < 4.78 is 19.2. The highest BCUT2D eigenvalue weighted by molar-refractivity contribution is 6.32. The third-order valence-electron chi connectivity index (χ3n) is 5.76. The number of pyridine rings is 1. The second-order valence-corrected chi connectivity index (χ2v) is 8.42. The molecule has 0 unspecified atom stereocenters. The van der Waals surface area contributed by atoms with E-state index in [4.69, 9.17) is 22.1 Å². The zero-order valence-electron chi connectivity index (χ0n) is 19.3. The number of hydrogen-bond acceptors (Lipinski definition) is 6. The largest absolute Gasteiger partial charge is 0.482 e. The van der Waals surface area contributed by atoms with E-state index in [2.05, 4.69) is 22.4 Å². The number of nitriles is 2. The predicted molar refractivity (Wildman–Crippen MR) is 136 cm³/mol. The summed E-state index contributed by atoms with van der Waals surface area (Å²) in [6, 6.07) is 15.1.